The molecule has 3 nitrogen and oxygen atoms in total. The molecule has 0 saturated heterocycles. The molecule has 1 unspecified atom stereocenters. The fourth-order valence-electron chi connectivity index (χ4n) is 1.74. The zero-order valence-electron chi connectivity index (χ0n) is 9.08. The first-order valence-corrected chi connectivity index (χ1v) is 4.93. The summed E-state index contributed by atoms with van der Waals surface area (Å²) in [7, 11) is 3.67. The molecule has 0 amide bonds. The molecular weight excluding hydrogens is 193 g/mol. The van der Waals surface area contributed by atoms with Gasteiger partial charge in [0.1, 0.15) is 5.82 Å². The van der Waals surface area contributed by atoms with Gasteiger partial charge in [-0.15, -0.1) is 0 Å². The molecule has 0 spiro atoms. The van der Waals surface area contributed by atoms with Gasteiger partial charge in [-0.3, -0.25) is 4.68 Å². The SMILES string of the molecule is CNC(C)c1nn(C)c2cccc(F)c12. The molecule has 0 fully saturated rings. The first-order valence-electron chi connectivity index (χ1n) is 4.93. The molecular formula is C11H14FN3. The molecule has 2 rings (SSSR count). The summed E-state index contributed by atoms with van der Waals surface area (Å²) < 4.78 is 15.4. The van der Waals surface area contributed by atoms with Crippen molar-refractivity contribution in [1.29, 1.82) is 0 Å². The van der Waals surface area contributed by atoms with E-state index in [1.54, 1.807) is 10.7 Å². The number of aromatic nitrogens is 2. The summed E-state index contributed by atoms with van der Waals surface area (Å²) in [5.74, 6) is -0.210. The predicted molar refractivity (Wildman–Crippen MR) is 58.1 cm³/mol. The lowest BCUT2D eigenvalue weighted by molar-refractivity contribution is 0.608. The highest BCUT2D eigenvalue weighted by Crippen LogP contribution is 2.25. The van der Waals surface area contributed by atoms with Crippen LogP contribution in [0.4, 0.5) is 4.39 Å². The number of rotatable bonds is 2. The second kappa shape index (κ2) is 3.62. The van der Waals surface area contributed by atoms with Crippen LogP contribution in [0.5, 0.6) is 0 Å². The minimum Gasteiger partial charge on any atom is -0.312 e. The zero-order chi connectivity index (χ0) is 11.0. The number of nitrogens with one attached hydrogen (secondary N) is 1. The van der Waals surface area contributed by atoms with Gasteiger partial charge in [0.05, 0.1) is 16.6 Å². The highest BCUT2D eigenvalue weighted by Gasteiger charge is 2.16. The van der Waals surface area contributed by atoms with Gasteiger partial charge in [-0.2, -0.15) is 5.10 Å². The van der Waals surface area contributed by atoms with Gasteiger partial charge in [-0.1, -0.05) is 6.07 Å². The van der Waals surface area contributed by atoms with Crippen molar-refractivity contribution in [3.63, 3.8) is 0 Å². The van der Waals surface area contributed by atoms with E-state index >= 15 is 0 Å². The monoisotopic (exact) mass is 207 g/mol. The summed E-state index contributed by atoms with van der Waals surface area (Å²) in [5, 5.41) is 8.02. The maximum atomic E-state index is 13.7. The fraction of sp³-hybridized carbons (Fsp3) is 0.364. The quantitative estimate of drug-likeness (QED) is 0.816. The number of hydrogen-bond acceptors (Lipinski definition) is 2. The first kappa shape index (κ1) is 10.1. The van der Waals surface area contributed by atoms with Crippen molar-refractivity contribution in [1.82, 2.24) is 15.1 Å². The van der Waals surface area contributed by atoms with Crippen LogP contribution < -0.4 is 5.32 Å². The Balaban J connectivity index is 2.75. The summed E-state index contributed by atoms with van der Waals surface area (Å²) in [6, 6.07) is 5.09. The van der Waals surface area contributed by atoms with Crippen molar-refractivity contribution < 1.29 is 4.39 Å². The molecule has 1 N–H and O–H groups in total. The van der Waals surface area contributed by atoms with Crippen LogP contribution in [-0.4, -0.2) is 16.8 Å². The van der Waals surface area contributed by atoms with Crippen molar-refractivity contribution in [2.45, 2.75) is 13.0 Å². The van der Waals surface area contributed by atoms with E-state index in [9.17, 15) is 4.39 Å². The van der Waals surface area contributed by atoms with Gasteiger partial charge < -0.3 is 5.32 Å². The Bertz CT molecular complexity index is 490. The van der Waals surface area contributed by atoms with Gasteiger partial charge in [-0.25, -0.2) is 4.39 Å². The average Bonchev–Trinajstić information content (AvgIpc) is 2.57. The van der Waals surface area contributed by atoms with Crippen molar-refractivity contribution in [2.24, 2.45) is 7.05 Å². The van der Waals surface area contributed by atoms with Gasteiger partial charge in [0.2, 0.25) is 0 Å². The van der Waals surface area contributed by atoms with Crippen molar-refractivity contribution in [2.75, 3.05) is 7.05 Å². The Labute approximate surface area is 87.9 Å². The van der Waals surface area contributed by atoms with E-state index in [0.717, 1.165) is 11.2 Å². The van der Waals surface area contributed by atoms with E-state index in [4.69, 9.17) is 0 Å². The van der Waals surface area contributed by atoms with Crippen LogP contribution in [0.1, 0.15) is 18.7 Å². The Kier molecular flexibility index (Phi) is 2.44. The van der Waals surface area contributed by atoms with Gasteiger partial charge in [0.15, 0.2) is 0 Å². The Hall–Kier alpha value is -1.42. The smallest absolute Gasteiger partial charge is 0.134 e. The Morgan fingerprint density at radius 2 is 2.20 bits per heavy atom. The molecule has 4 heteroatoms. The standard InChI is InChI=1S/C11H14FN3/c1-7(13-2)11-10-8(12)5-4-6-9(10)15(3)14-11/h4-7,13H,1-3H3. The molecule has 1 atom stereocenters. The number of nitrogens with zero attached hydrogens (tertiary/aromatic N) is 2. The third-order valence-electron chi connectivity index (χ3n) is 2.70. The summed E-state index contributed by atoms with van der Waals surface area (Å²) in [6.45, 7) is 1.97. The molecule has 0 aliphatic heterocycles. The lowest BCUT2D eigenvalue weighted by Gasteiger charge is -2.06. The van der Waals surface area contributed by atoms with Crippen molar-refractivity contribution in [3.05, 3.63) is 29.7 Å². The van der Waals surface area contributed by atoms with Crippen molar-refractivity contribution in [3.8, 4) is 0 Å². The molecule has 15 heavy (non-hydrogen) atoms. The number of fused-ring (bicyclic) bond motifs is 1. The number of halogens is 1. The lowest BCUT2D eigenvalue weighted by atomic mass is 10.1. The normalized spacial score (nSPS) is 13.3. The summed E-state index contributed by atoms with van der Waals surface area (Å²) in [5.41, 5.74) is 1.58. The first-order chi connectivity index (χ1) is 7.15. The molecule has 2 aromatic rings. The van der Waals surface area contributed by atoms with E-state index in [1.807, 2.05) is 27.1 Å². The van der Waals surface area contributed by atoms with Crippen LogP contribution in [0, 0.1) is 5.82 Å². The topological polar surface area (TPSA) is 29.9 Å². The summed E-state index contributed by atoms with van der Waals surface area (Å²) in [6.07, 6.45) is 0. The van der Waals surface area contributed by atoms with E-state index in [2.05, 4.69) is 10.4 Å². The zero-order valence-corrected chi connectivity index (χ0v) is 9.08. The molecule has 1 aromatic heterocycles. The van der Waals surface area contributed by atoms with Gasteiger partial charge in [0.25, 0.3) is 0 Å². The van der Waals surface area contributed by atoms with E-state index in [-0.39, 0.29) is 11.9 Å². The highest BCUT2D eigenvalue weighted by atomic mass is 19.1. The molecule has 1 aromatic carbocycles. The predicted octanol–water partition coefficient (Wildman–Crippen LogP) is 1.99. The third kappa shape index (κ3) is 1.51. The van der Waals surface area contributed by atoms with Crippen molar-refractivity contribution >= 4 is 10.9 Å². The molecule has 0 aliphatic carbocycles. The fourth-order valence-corrected chi connectivity index (χ4v) is 1.74. The summed E-state index contributed by atoms with van der Waals surface area (Å²) in [4.78, 5) is 0. The molecule has 80 valence electrons. The van der Waals surface area contributed by atoms with Crippen LogP contribution in [-0.2, 0) is 7.05 Å². The molecule has 1 heterocycles. The number of hydrogen-bond donors (Lipinski definition) is 1. The molecule has 0 bridgehead atoms. The van der Waals surface area contributed by atoms with Gasteiger partial charge >= 0.3 is 0 Å². The number of aryl methyl sites for hydroxylation is 1. The van der Waals surface area contributed by atoms with Crippen LogP contribution in [0.25, 0.3) is 10.9 Å². The number of benzene rings is 1. The maximum absolute atomic E-state index is 13.7. The van der Waals surface area contributed by atoms with Crippen LogP contribution >= 0.6 is 0 Å². The molecule has 0 saturated carbocycles. The van der Waals surface area contributed by atoms with Crippen LogP contribution in [0.15, 0.2) is 18.2 Å². The third-order valence-corrected chi connectivity index (χ3v) is 2.70. The molecule has 0 aliphatic rings. The maximum Gasteiger partial charge on any atom is 0.134 e. The molecule has 0 radical (unpaired) electrons. The Morgan fingerprint density at radius 1 is 1.47 bits per heavy atom. The minimum atomic E-state index is -0.210. The second-order valence-corrected chi connectivity index (χ2v) is 3.65. The largest absolute Gasteiger partial charge is 0.312 e. The lowest BCUT2D eigenvalue weighted by Crippen LogP contribution is -2.13. The van der Waals surface area contributed by atoms with Gasteiger partial charge in [0, 0.05) is 13.1 Å². The average molecular weight is 207 g/mol. The van der Waals surface area contributed by atoms with E-state index in [1.165, 1.54) is 6.07 Å². The summed E-state index contributed by atoms with van der Waals surface area (Å²) >= 11 is 0. The van der Waals surface area contributed by atoms with Crippen LogP contribution in [0.3, 0.4) is 0 Å². The van der Waals surface area contributed by atoms with E-state index < -0.39 is 0 Å². The van der Waals surface area contributed by atoms with Gasteiger partial charge in [-0.05, 0) is 26.1 Å². The second-order valence-electron chi connectivity index (χ2n) is 3.65. The minimum absolute atomic E-state index is 0.0469. The van der Waals surface area contributed by atoms with Crippen LogP contribution in [0.2, 0.25) is 0 Å². The highest BCUT2D eigenvalue weighted by molar-refractivity contribution is 5.83. The van der Waals surface area contributed by atoms with E-state index in [0.29, 0.717) is 5.39 Å². The Morgan fingerprint density at radius 3 is 2.87 bits per heavy atom.